The van der Waals surface area contributed by atoms with E-state index in [1.54, 1.807) is 0 Å². The van der Waals surface area contributed by atoms with E-state index < -0.39 is 0 Å². The Morgan fingerprint density at radius 3 is 2.08 bits per heavy atom. The van der Waals surface area contributed by atoms with Gasteiger partial charge in [0, 0.05) is 5.54 Å². The number of aromatic nitrogens is 1. The Bertz CT molecular complexity index is 290. The summed E-state index contributed by atoms with van der Waals surface area (Å²) >= 11 is 11.6. The highest BCUT2D eigenvalue weighted by Gasteiger charge is 2.18. The lowest BCUT2D eigenvalue weighted by Gasteiger charge is -2.24. The number of hydrogen-bond acceptors (Lipinski definition) is 2. The van der Waals surface area contributed by atoms with Crippen LogP contribution in [0.3, 0.4) is 0 Å². The number of rotatable bonds is 2. The second-order valence-electron chi connectivity index (χ2n) is 3.38. The predicted octanol–water partition coefficient (Wildman–Crippen LogP) is 2.84. The first-order valence-electron chi connectivity index (χ1n) is 3.98. The second kappa shape index (κ2) is 3.82. The van der Waals surface area contributed by atoms with E-state index in [4.69, 9.17) is 23.2 Å². The molecule has 1 aromatic rings. The van der Waals surface area contributed by atoms with Crippen molar-refractivity contribution < 1.29 is 0 Å². The monoisotopic (exact) mass is 218 g/mol. The third-order valence-electron chi connectivity index (χ3n) is 2.11. The van der Waals surface area contributed by atoms with E-state index in [9.17, 15) is 0 Å². The van der Waals surface area contributed by atoms with Gasteiger partial charge in [-0.25, -0.2) is 4.98 Å². The van der Waals surface area contributed by atoms with Gasteiger partial charge in [-0.3, -0.25) is 0 Å². The minimum atomic E-state index is -0.143. The van der Waals surface area contributed by atoms with Crippen LogP contribution in [0.15, 0.2) is 12.1 Å². The van der Waals surface area contributed by atoms with E-state index in [-0.39, 0.29) is 5.54 Å². The molecule has 72 valence electrons. The number of nitrogens with one attached hydrogen (secondary N) is 1. The summed E-state index contributed by atoms with van der Waals surface area (Å²) in [6.45, 7) is 4.10. The van der Waals surface area contributed by atoms with Crippen molar-refractivity contribution in [2.45, 2.75) is 19.4 Å². The molecule has 1 aromatic heterocycles. The van der Waals surface area contributed by atoms with Crippen LogP contribution in [0.4, 0.5) is 0 Å². The molecule has 0 amide bonds. The van der Waals surface area contributed by atoms with E-state index in [0.29, 0.717) is 10.3 Å². The lowest BCUT2D eigenvalue weighted by atomic mass is 9.96. The second-order valence-corrected chi connectivity index (χ2v) is 4.15. The van der Waals surface area contributed by atoms with Crippen LogP contribution in [-0.4, -0.2) is 12.0 Å². The highest BCUT2D eigenvalue weighted by Crippen LogP contribution is 2.24. The average Bonchev–Trinajstić information content (AvgIpc) is 2.02. The Kier molecular flexibility index (Phi) is 3.17. The van der Waals surface area contributed by atoms with Gasteiger partial charge in [0.25, 0.3) is 0 Å². The van der Waals surface area contributed by atoms with Gasteiger partial charge >= 0.3 is 0 Å². The molecule has 4 heteroatoms. The van der Waals surface area contributed by atoms with Gasteiger partial charge in [-0.2, -0.15) is 0 Å². The predicted molar refractivity (Wildman–Crippen MR) is 56.3 cm³/mol. The largest absolute Gasteiger partial charge is 0.311 e. The van der Waals surface area contributed by atoms with Crippen LogP contribution < -0.4 is 5.32 Å². The molecule has 1 heterocycles. The van der Waals surface area contributed by atoms with Crippen molar-refractivity contribution in [3.63, 3.8) is 0 Å². The van der Waals surface area contributed by atoms with Crippen LogP contribution in [0.2, 0.25) is 10.3 Å². The van der Waals surface area contributed by atoms with Gasteiger partial charge < -0.3 is 5.32 Å². The van der Waals surface area contributed by atoms with Crippen LogP contribution in [0.1, 0.15) is 19.4 Å². The molecule has 0 fully saturated rings. The molecule has 0 aliphatic heterocycles. The molecule has 0 aliphatic carbocycles. The number of pyridine rings is 1. The first kappa shape index (κ1) is 10.8. The van der Waals surface area contributed by atoms with Gasteiger partial charge in [0.2, 0.25) is 0 Å². The summed E-state index contributed by atoms with van der Waals surface area (Å²) in [5.74, 6) is 0. The van der Waals surface area contributed by atoms with Gasteiger partial charge in [-0.15, -0.1) is 0 Å². The van der Waals surface area contributed by atoms with E-state index in [1.165, 1.54) is 0 Å². The number of nitrogens with zero attached hydrogens (tertiary/aromatic N) is 1. The molecule has 0 saturated heterocycles. The summed E-state index contributed by atoms with van der Waals surface area (Å²) in [4.78, 5) is 3.89. The van der Waals surface area contributed by atoms with E-state index >= 15 is 0 Å². The molecule has 0 atom stereocenters. The zero-order valence-electron chi connectivity index (χ0n) is 7.86. The topological polar surface area (TPSA) is 24.9 Å². The fourth-order valence-electron chi connectivity index (χ4n) is 0.970. The Morgan fingerprint density at radius 2 is 1.69 bits per heavy atom. The molecule has 0 unspecified atom stereocenters. The van der Waals surface area contributed by atoms with Gasteiger partial charge in [0.05, 0.1) is 0 Å². The molecular formula is C9H12Cl2N2. The van der Waals surface area contributed by atoms with Crippen LogP contribution in [0.25, 0.3) is 0 Å². The third-order valence-corrected chi connectivity index (χ3v) is 2.50. The summed E-state index contributed by atoms with van der Waals surface area (Å²) < 4.78 is 0. The van der Waals surface area contributed by atoms with Crippen LogP contribution in [0, 0.1) is 0 Å². The minimum absolute atomic E-state index is 0.143. The van der Waals surface area contributed by atoms with Crippen molar-refractivity contribution in [3.05, 3.63) is 28.0 Å². The minimum Gasteiger partial charge on any atom is -0.311 e. The molecule has 0 spiro atoms. The molecule has 2 nitrogen and oxygen atoms in total. The highest BCUT2D eigenvalue weighted by atomic mass is 35.5. The van der Waals surface area contributed by atoms with Crippen molar-refractivity contribution in [1.82, 2.24) is 10.3 Å². The SMILES string of the molecule is CNC(C)(C)c1cc(Cl)nc(Cl)c1. The summed E-state index contributed by atoms with van der Waals surface area (Å²) in [6.07, 6.45) is 0. The van der Waals surface area contributed by atoms with Gasteiger partial charge in [0.15, 0.2) is 0 Å². The Balaban J connectivity index is 3.15. The molecule has 0 bridgehead atoms. The molecule has 0 aliphatic rings. The maximum absolute atomic E-state index is 5.79. The van der Waals surface area contributed by atoms with Crippen LogP contribution in [0.5, 0.6) is 0 Å². The highest BCUT2D eigenvalue weighted by molar-refractivity contribution is 6.32. The first-order chi connectivity index (χ1) is 5.95. The normalized spacial score (nSPS) is 11.8. The summed E-state index contributed by atoms with van der Waals surface area (Å²) in [6, 6.07) is 3.62. The quantitative estimate of drug-likeness (QED) is 0.773. The number of hydrogen-bond donors (Lipinski definition) is 1. The van der Waals surface area contributed by atoms with Crippen molar-refractivity contribution in [1.29, 1.82) is 0 Å². The summed E-state index contributed by atoms with van der Waals surface area (Å²) in [5.41, 5.74) is 0.885. The van der Waals surface area contributed by atoms with Crippen LogP contribution in [-0.2, 0) is 5.54 Å². The van der Waals surface area contributed by atoms with Crippen molar-refractivity contribution in [2.75, 3.05) is 7.05 Å². The molecular weight excluding hydrogens is 207 g/mol. The molecule has 1 N–H and O–H groups in total. The summed E-state index contributed by atoms with van der Waals surface area (Å²) in [5, 5.41) is 4.01. The lowest BCUT2D eigenvalue weighted by Crippen LogP contribution is -2.33. The molecule has 13 heavy (non-hydrogen) atoms. The summed E-state index contributed by atoms with van der Waals surface area (Å²) in [7, 11) is 1.89. The van der Waals surface area contributed by atoms with Crippen molar-refractivity contribution in [3.8, 4) is 0 Å². The van der Waals surface area contributed by atoms with Crippen molar-refractivity contribution >= 4 is 23.2 Å². The van der Waals surface area contributed by atoms with Gasteiger partial charge in [-0.1, -0.05) is 23.2 Å². The number of halogens is 2. The van der Waals surface area contributed by atoms with Gasteiger partial charge in [-0.05, 0) is 38.6 Å². The fourth-order valence-corrected chi connectivity index (χ4v) is 1.43. The molecule has 0 radical (unpaired) electrons. The zero-order chi connectivity index (χ0) is 10.1. The molecule has 0 aromatic carbocycles. The fraction of sp³-hybridized carbons (Fsp3) is 0.444. The standard InChI is InChI=1S/C9H12Cl2N2/c1-9(2,12-3)6-4-7(10)13-8(11)5-6/h4-5,12H,1-3H3. The van der Waals surface area contributed by atoms with E-state index in [2.05, 4.69) is 24.1 Å². The maximum atomic E-state index is 5.79. The lowest BCUT2D eigenvalue weighted by molar-refractivity contribution is 0.444. The smallest absolute Gasteiger partial charge is 0.131 e. The maximum Gasteiger partial charge on any atom is 0.131 e. The van der Waals surface area contributed by atoms with Crippen LogP contribution >= 0.6 is 23.2 Å². The van der Waals surface area contributed by atoms with E-state index in [0.717, 1.165) is 5.56 Å². The molecule has 1 rings (SSSR count). The Labute approximate surface area is 88.3 Å². The zero-order valence-corrected chi connectivity index (χ0v) is 9.37. The van der Waals surface area contributed by atoms with Gasteiger partial charge in [0.1, 0.15) is 10.3 Å². The third kappa shape index (κ3) is 2.56. The van der Waals surface area contributed by atoms with E-state index in [1.807, 2.05) is 19.2 Å². The average molecular weight is 219 g/mol. The first-order valence-corrected chi connectivity index (χ1v) is 4.74. The Hall–Kier alpha value is -0.310. The molecule has 0 saturated carbocycles. The Morgan fingerprint density at radius 1 is 1.23 bits per heavy atom. The van der Waals surface area contributed by atoms with Crippen molar-refractivity contribution in [2.24, 2.45) is 0 Å².